The minimum atomic E-state index is -2.88. The number of nitrogens with zero attached hydrogens (tertiary/aromatic N) is 5. The van der Waals surface area contributed by atoms with E-state index in [-0.39, 0.29) is 6.54 Å². The smallest absolute Gasteiger partial charge is 0.296 e. The Morgan fingerprint density at radius 2 is 2.06 bits per heavy atom. The topological polar surface area (TPSA) is 88.1 Å². The molecule has 2 fully saturated rings. The number of halogens is 2. The molecular formula is C21H23F2N7OS. The summed E-state index contributed by atoms with van der Waals surface area (Å²) in [4.78, 5) is 14.9. The molecule has 3 aromatic heterocycles. The molecule has 8 nitrogen and oxygen atoms in total. The van der Waals surface area contributed by atoms with E-state index in [1.165, 1.54) is 17.7 Å². The summed E-state index contributed by atoms with van der Waals surface area (Å²) < 4.78 is 39.0. The van der Waals surface area contributed by atoms with Crippen molar-refractivity contribution in [3.05, 3.63) is 36.7 Å². The van der Waals surface area contributed by atoms with Gasteiger partial charge in [-0.2, -0.15) is 9.36 Å². The summed E-state index contributed by atoms with van der Waals surface area (Å²) in [7, 11) is 1.81. The molecule has 0 bridgehead atoms. The van der Waals surface area contributed by atoms with Crippen LogP contribution in [0.3, 0.4) is 0 Å². The molecule has 2 aliphatic rings. The molecule has 168 valence electrons. The molecule has 1 atom stereocenters. The quantitative estimate of drug-likeness (QED) is 0.548. The fourth-order valence-corrected chi connectivity index (χ4v) is 4.35. The zero-order valence-electron chi connectivity index (χ0n) is 17.5. The molecule has 3 aromatic rings. The highest BCUT2D eigenvalue weighted by molar-refractivity contribution is 7.09. The van der Waals surface area contributed by atoms with Crippen LogP contribution in [0.4, 0.5) is 25.4 Å². The van der Waals surface area contributed by atoms with E-state index in [1.807, 2.05) is 24.1 Å². The summed E-state index contributed by atoms with van der Waals surface area (Å²) in [6.45, 7) is 0.401. The van der Waals surface area contributed by atoms with Crippen molar-refractivity contribution in [3.63, 3.8) is 0 Å². The molecule has 1 saturated carbocycles. The summed E-state index contributed by atoms with van der Waals surface area (Å²) in [5, 5.41) is 6.76. The molecule has 2 N–H and O–H groups in total. The van der Waals surface area contributed by atoms with Crippen molar-refractivity contribution in [2.45, 2.75) is 37.3 Å². The molecule has 32 heavy (non-hydrogen) atoms. The Labute approximate surface area is 188 Å². The van der Waals surface area contributed by atoms with Gasteiger partial charge in [0.1, 0.15) is 11.4 Å². The lowest BCUT2D eigenvalue weighted by molar-refractivity contribution is -0.141. The molecular weight excluding hydrogens is 436 g/mol. The summed E-state index contributed by atoms with van der Waals surface area (Å²) in [6, 6.07) is 7.38. The first kappa shape index (κ1) is 21.0. The normalized spacial score (nSPS) is 20.7. The number of ether oxygens (including phenoxy) is 1. The largest absolute Gasteiger partial charge is 0.482 e. The number of hydrogen-bond donors (Lipinski definition) is 2. The number of pyridine rings is 2. The van der Waals surface area contributed by atoms with E-state index in [0.29, 0.717) is 47.2 Å². The lowest BCUT2D eigenvalue weighted by atomic mass is 10.0. The minimum Gasteiger partial charge on any atom is -0.482 e. The Kier molecular flexibility index (Phi) is 5.60. The van der Waals surface area contributed by atoms with Crippen LogP contribution in [0.5, 0.6) is 5.75 Å². The number of likely N-dealkylation sites (tertiary alicyclic amines) is 1. The molecule has 1 aliphatic heterocycles. The fraction of sp³-hybridized carbons (Fsp3) is 0.429. The van der Waals surface area contributed by atoms with E-state index in [2.05, 4.69) is 30.0 Å². The molecule has 1 unspecified atom stereocenters. The second-order valence-electron chi connectivity index (χ2n) is 7.93. The van der Waals surface area contributed by atoms with Gasteiger partial charge in [0.05, 0.1) is 18.4 Å². The lowest BCUT2D eigenvalue weighted by Gasteiger charge is -2.38. The van der Waals surface area contributed by atoms with Gasteiger partial charge in [0.25, 0.3) is 5.92 Å². The van der Waals surface area contributed by atoms with Crippen LogP contribution in [0.15, 0.2) is 36.7 Å². The van der Waals surface area contributed by atoms with Crippen LogP contribution in [-0.4, -0.2) is 62.4 Å². The summed E-state index contributed by atoms with van der Waals surface area (Å²) >= 11 is 1.18. The second kappa shape index (κ2) is 8.55. The van der Waals surface area contributed by atoms with Gasteiger partial charge in [0, 0.05) is 43.8 Å². The summed E-state index contributed by atoms with van der Waals surface area (Å²) in [5.74, 6) is -1.48. The number of nitrogens with one attached hydrogen (secondary N) is 2. The number of piperidine rings is 1. The Hall–Kier alpha value is -2.92. The van der Waals surface area contributed by atoms with Crippen molar-refractivity contribution in [1.82, 2.24) is 24.2 Å². The maximum atomic E-state index is 14.6. The lowest BCUT2D eigenvalue weighted by Crippen LogP contribution is -2.54. The monoisotopic (exact) mass is 459 g/mol. The first-order chi connectivity index (χ1) is 15.5. The van der Waals surface area contributed by atoms with E-state index in [4.69, 9.17) is 4.74 Å². The second-order valence-corrected chi connectivity index (χ2v) is 8.69. The van der Waals surface area contributed by atoms with Gasteiger partial charge in [-0.3, -0.25) is 4.90 Å². The van der Waals surface area contributed by atoms with Crippen LogP contribution in [0, 0.1) is 0 Å². The third kappa shape index (κ3) is 4.49. The highest BCUT2D eigenvalue weighted by Crippen LogP contribution is 2.37. The maximum Gasteiger partial charge on any atom is 0.296 e. The number of alkyl halides is 2. The fourth-order valence-electron chi connectivity index (χ4n) is 3.78. The van der Waals surface area contributed by atoms with Crippen molar-refractivity contribution < 1.29 is 13.5 Å². The van der Waals surface area contributed by atoms with Crippen LogP contribution < -0.4 is 15.4 Å². The predicted molar refractivity (Wildman–Crippen MR) is 119 cm³/mol. The van der Waals surface area contributed by atoms with E-state index in [0.717, 1.165) is 18.5 Å². The minimum absolute atomic E-state index is 0.238. The average Bonchev–Trinajstić information content (AvgIpc) is 3.55. The van der Waals surface area contributed by atoms with Gasteiger partial charge in [-0.05, 0) is 37.1 Å². The number of hydrogen-bond acceptors (Lipinski definition) is 9. The molecule has 4 heterocycles. The summed E-state index contributed by atoms with van der Waals surface area (Å²) in [6.07, 6.45) is 4.34. The van der Waals surface area contributed by atoms with Crippen molar-refractivity contribution in [2.75, 3.05) is 30.8 Å². The third-order valence-corrected chi connectivity index (χ3v) is 6.23. The maximum absolute atomic E-state index is 14.6. The third-order valence-electron chi connectivity index (χ3n) is 5.60. The number of rotatable bonds is 7. The highest BCUT2D eigenvalue weighted by Gasteiger charge is 2.49. The van der Waals surface area contributed by atoms with Gasteiger partial charge in [-0.25, -0.2) is 18.7 Å². The molecule has 0 aromatic carbocycles. The van der Waals surface area contributed by atoms with Gasteiger partial charge >= 0.3 is 0 Å². The van der Waals surface area contributed by atoms with E-state index >= 15 is 0 Å². The molecule has 0 amide bonds. The highest BCUT2D eigenvalue weighted by atomic mass is 32.1. The zero-order valence-corrected chi connectivity index (χ0v) is 18.3. The van der Waals surface area contributed by atoms with Gasteiger partial charge in [0.15, 0.2) is 17.7 Å². The molecule has 1 saturated heterocycles. The van der Waals surface area contributed by atoms with E-state index in [1.54, 1.807) is 18.3 Å². The Balaban J connectivity index is 1.23. The van der Waals surface area contributed by atoms with Crippen molar-refractivity contribution >= 4 is 28.2 Å². The van der Waals surface area contributed by atoms with Crippen LogP contribution >= 0.6 is 11.5 Å². The first-order valence-corrected chi connectivity index (χ1v) is 11.3. The van der Waals surface area contributed by atoms with Crippen LogP contribution in [-0.2, 0) is 0 Å². The molecule has 0 radical (unpaired) electrons. The average molecular weight is 460 g/mol. The van der Waals surface area contributed by atoms with Crippen molar-refractivity contribution in [1.29, 1.82) is 0 Å². The van der Waals surface area contributed by atoms with E-state index in [9.17, 15) is 8.78 Å². The first-order valence-electron chi connectivity index (χ1n) is 10.5. The zero-order chi connectivity index (χ0) is 22.1. The van der Waals surface area contributed by atoms with Gasteiger partial charge in [0.2, 0.25) is 5.13 Å². The molecule has 5 rings (SSSR count). The Morgan fingerprint density at radius 1 is 1.19 bits per heavy atom. The molecule has 0 spiro atoms. The standard InChI is InChI=1S/C21H23F2N7OS/c1-24-15-3-2-9-25-18(15)27-20-28-19(29-32-20)16-7-6-14(11-26-16)31-17-8-10-30(13-4-5-13)12-21(17,22)23/h2-3,6-7,9,11,13,17,24H,4-5,8,10,12H2,1H3,(H,25,27,28,29). The Morgan fingerprint density at radius 3 is 2.78 bits per heavy atom. The SMILES string of the molecule is CNc1cccnc1Nc1nc(-c2ccc(OC3CCN(C4CC4)CC3(F)F)cn2)ns1. The summed E-state index contributed by atoms with van der Waals surface area (Å²) in [5.41, 5.74) is 1.37. The van der Waals surface area contributed by atoms with Crippen molar-refractivity contribution in [2.24, 2.45) is 0 Å². The van der Waals surface area contributed by atoms with Crippen molar-refractivity contribution in [3.8, 4) is 17.3 Å². The number of aromatic nitrogens is 4. The van der Waals surface area contributed by atoms with Crippen LogP contribution in [0.2, 0.25) is 0 Å². The van der Waals surface area contributed by atoms with E-state index < -0.39 is 12.0 Å². The van der Waals surface area contributed by atoms with Gasteiger partial charge in [-0.15, -0.1) is 0 Å². The van der Waals surface area contributed by atoms with Crippen LogP contribution in [0.1, 0.15) is 19.3 Å². The molecule has 1 aliphatic carbocycles. The van der Waals surface area contributed by atoms with Gasteiger partial charge in [-0.1, -0.05) is 0 Å². The predicted octanol–water partition coefficient (Wildman–Crippen LogP) is 4.03. The number of anilines is 3. The molecule has 11 heteroatoms. The van der Waals surface area contributed by atoms with Crippen LogP contribution in [0.25, 0.3) is 11.5 Å². The van der Waals surface area contributed by atoms with Gasteiger partial charge < -0.3 is 15.4 Å². The Bertz CT molecular complexity index is 1070.